The minimum absolute atomic E-state index is 0.0175. The van der Waals surface area contributed by atoms with E-state index in [9.17, 15) is 9.59 Å². The van der Waals surface area contributed by atoms with Crippen LogP contribution < -0.4 is 0 Å². The van der Waals surface area contributed by atoms with E-state index in [1.54, 1.807) is 29.2 Å². The Hall–Kier alpha value is -2.10. The maximum absolute atomic E-state index is 12.5. The van der Waals surface area contributed by atoms with Gasteiger partial charge in [-0.25, -0.2) is 0 Å². The molecule has 3 nitrogen and oxygen atoms in total. The molecule has 0 bridgehead atoms. The quantitative estimate of drug-likeness (QED) is 0.538. The van der Waals surface area contributed by atoms with Crippen molar-refractivity contribution in [1.82, 2.24) is 4.90 Å². The van der Waals surface area contributed by atoms with E-state index < -0.39 is 0 Å². The van der Waals surface area contributed by atoms with E-state index in [1.165, 1.54) is 6.08 Å². The van der Waals surface area contributed by atoms with E-state index in [-0.39, 0.29) is 17.6 Å². The van der Waals surface area contributed by atoms with Gasteiger partial charge in [0.05, 0.1) is 0 Å². The Bertz CT molecular complexity index is 825. The maximum Gasteiger partial charge on any atom is 0.246 e. The van der Waals surface area contributed by atoms with Crippen LogP contribution in [0.4, 0.5) is 0 Å². The number of hydrogen-bond donors (Lipinski definition) is 0. The van der Waals surface area contributed by atoms with Crippen molar-refractivity contribution in [2.24, 2.45) is 5.92 Å². The van der Waals surface area contributed by atoms with Crippen LogP contribution in [0.3, 0.4) is 0 Å². The summed E-state index contributed by atoms with van der Waals surface area (Å²) in [4.78, 5) is 26.7. The standard InChI is InChI=1S/C21H19Cl2NO2/c22-18-8-6-15(19(23)14-18)7-9-20(25)24-12-10-17(11-13-24)21(26)16-4-2-1-3-5-16/h1-9,14,17H,10-13H2. The summed E-state index contributed by atoms with van der Waals surface area (Å²) in [7, 11) is 0. The largest absolute Gasteiger partial charge is 0.339 e. The summed E-state index contributed by atoms with van der Waals surface area (Å²) >= 11 is 12.0. The number of benzene rings is 2. The van der Waals surface area contributed by atoms with Gasteiger partial charge in [-0.3, -0.25) is 9.59 Å². The summed E-state index contributed by atoms with van der Waals surface area (Å²) in [5, 5.41) is 1.07. The number of nitrogens with zero attached hydrogens (tertiary/aromatic N) is 1. The third kappa shape index (κ3) is 4.54. The van der Waals surface area contributed by atoms with Crippen LogP contribution in [0.2, 0.25) is 10.0 Å². The third-order valence-corrected chi connectivity index (χ3v) is 5.17. The van der Waals surface area contributed by atoms with Crippen LogP contribution in [-0.4, -0.2) is 29.7 Å². The SMILES string of the molecule is O=C(c1ccccc1)C1CCN(C(=O)C=Cc2ccc(Cl)cc2Cl)CC1. The van der Waals surface area contributed by atoms with Crippen molar-refractivity contribution >= 4 is 41.0 Å². The van der Waals surface area contributed by atoms with Crippen molar-refractivity contribution in [1.29, 1.82) is 0 Å². The number of rotatable bonds is 4. The molecule has 5 heteroatoms. The molecule has 2 aromatic carbocycles. The number of ketones is 1. The van der Waals surface area contributed by atoms with Crippen molar-refractivity contribution in [3.63, 3.8) is 0 Å². The van der Waals surface area contributed by atoms with E-state index in [0.717, 1.165) is 11.1 Å². The molecular formula is C21H19Cl2NO2. The second-order valence-corrected chi connectivity index (χ2v) is 7.17. The number of halogens is 2. The lowest BCUT2D eigenvalue weighted by Crippen LogP contribution is -2.39. The lowest BCUT2D eigenvalue weighted by atomic mass is 9.89. The zero-order valence-corrected chi connectivity index (χ0v) is 15.7. The molecule has 0 atom stereocenters. The lowest BCUT2D eigenvalue weighted by molar-refractivity contribution is -0.127. The number of hydrogen-bond acceptors (Lipinski definition) is 2. The topological polar surface area (TPSA) is 37.4 Å². The molecule has 0 radical (unpaired) electrons. The lowest BCUT2D eigenvalue weighted by Gasteiger charge is -2.30. The number of amides is 1. The third-order valence-electron chi connectivity index (χ3n) is 4.60. The molecule has 1 amide bonds. The monoisotopic (exact) mass is 387 g/mol. The summed E-state index contributed by atoms with van der Waals surface area (Å²) < 4.78 is 0. The Balaban J connectivity index is 1.56. The average molecular weight is 388 g/mol. The fourth-order valence-corrected chi connectivity index (χ4v) is 3.57. The first-order chi connectivity index (χ1) is 12.5. The predicted octanol–water partition coefficient (Wildman–Crippen LogP) is 5.13. The minimum Gasteiger partial charge on any atom is -0.339 e. The highest BCUT2D eigenvalue weighted by atomic mass is 35.5. The average Bonchev–Trinajstić information content (AvgIpc) is 2.67. The fraction of sp³-hybridized carbons (Fsp3) is 0.238. The van der Waals surface area contributed by atoms with E-state index >= 15 is 0 Å². The van der Waals surface area contributed by atoms with Crippen LogP contribution in [0.1, 0.15) is 28.8 Å². The molecule has 1 aliphatic rings. The Kier molecular flexibility index (Phi) is 6.12. The van der Waals surface area contributed by atoms with Crippen molar-refractivity contribution in [3.05, 3.63) is 75.8 Å². The number of piperidine rings is 1. The van der Waals surface area contributed by atoms with E-state index in [0.29, 0.717) is 36.0 Å². The summed E-state index contributed by atoms with van der Waals surface area (Å²) in [6, 6.07) is 14.5. The molecule has 1 heterocycles. The van der Waals surface area contributed by atoms with Gasteiger partial charge in [0.1, 0.15) is 0 Å². The van der Waals surface area contributed by atoms with E-state index in [2.05, 4.69) is 0 Å². The molecule has 0 saturated carbocycles. The van der Waals surface area contributed by atoms with Crippen LogP contribution in [0, 0.1) is 5.92 Å². The molecule has 1 saturated heterocycles. The van der Waals surface area contributed by atoms with Crippen LogP contribution in [0.25, 0.3) is 6.08 Å². The zero-order valence-electron chi connectivity index (χ0n) is 14.2. The molecular weight excluding hydrogens is 369 g/mol. The fourth-order valence-electron chi connectivity index (χ4n) is 3.10. The number of carbonyl (C=O) groups is 2. The Morgan fingerprint density at radius 3 is 2.35 bits per heavy atom. The highest BCUT2D eigenvalue weighted by Gasteiger charge is 2.27. The zero-order chi connectivity index (χ0) is 18.5. The minimum atomic E-state index is -0.0679. The molecule has 2 aromatic rings. The van der Waals surface area contributed by atoms with Crippen LogP contribution >= 0.6 is 23.2 Å². The van der Waals surface area contributed by atoms with Gasteiger partial charge in [-0.2, -0.15) is 0 Å². The van der Waals surface area contributed by atoms with Crippen LogP contribution in [0.15, 0.2) is 54.6 Å². The summed E-state index contributed by atoms with van der Waals surface area (Å²) in [6.07, 6.45) is 4.60. The van der Waals surface area contributed by atoms with Gasteiger partial charge in [-0.1, -0.05) is 59.6 Å². The summed E-state index contributed by atoms with van der Waals surface area (Å²) in [5.74, 6) is 0.0824. The molecule has 3 rings (SSSR count). The molecule has 0 spiro atoms. The van der Waals surface area contributed by atoms with Gasteiger partial charge in [-0.15, -0.1) is 0 Å². The van der Waals surface area contributed by atoms with Gasteiger partial charge in [0, 0.05) is 40.7 Å². The van der Waals surface area contributed by atoms with Crippen molar-refractivity contribution in [3.8, 4) is 0 Å². The second kappa shape index (κ2) is 8.52. The van der Waals surface area contributed by atoms with Gasteiger partial charge in [-0.05, 0) is 36.6 Å². The van der Waals surface area contributed by atoms with Gasteiger partial charge >= 0.3 is 0 Å². The van der Waals surface area contributed by atoms with Crippen molar-refractivity contribution < 1.29 is 9.59 Å². The van der Waals surface area contributed by atoms with Gasteiger partial charge in [0.2, 0.25) is 5.91 Å². The first-order valence-electron chi connectivity index (χ1n) is 8.56. The molecule has 1 aliphatic heterocycles. The smallest absolute Gasteiger partial charge is 0.246 e. The van der Waals surface area contributed by atoms with Crippen molar-refractivity contribution in [2.75, 3.05) is 13.1 Å². The van der Waals surface area contributed by atoms with Crippen LogP contribution in [0.5, 0.6) is 0 Å². The normalized spacial score (nSPS) is 15.4. The summed E-state index contributed by atoms with van der Waals surface area (Å²) in [5.41, 5.74) is 1.49. The number of carbonyl (C=O) groups excluding carboxylic acids is 2. The Labute approximate surface area is 163 Å². The highest BCUT2D eigenvalue weighted by molar-refractivity contribution is 6.35. The van der Waals surface area contributed by atoms with Gasteiger partial charge in [0.15, 0.2) is 5.78 Å². The molecule has 0 N–H and O–H groups in total. The predicted molar refractivity (Wildman–Crippen MR) is 106 cm³/mol. The maximum atomic E-state index is 12.5. The van der Waals surface area contributed by atoms with Gasteiger partial charge in [0.25, 0.3) is 0 Å². The number of likely N-dealkylation sites (tertiary alicyclic amines) is 1. The van der Waals surface area contributed by atoms with Gasteiger partial charge < -0.3 is 4.90 Å². The first kappa shape index (κ1) is 18.7. The molecule has 26 heavy (non-hydrogen) atoms. The second-order valence-electron chi connectivity index (χ2n) is 6.33. The molecule has 134 valence electrons. The molecule has 0 aromatic heterocycles. The molecule has 0 aliphatic carbocycles. The van der Waals surface area contributed by atoms with E-state index in [1.807, 2.05) is 30.3 Å². The van der Waals surface area contributed by atoms with Crippen LogP contribution in [-0.2, 0) is 4.79 Å². The Morgan fingerprint density at radius 2 is 1.69 bits per heavy atom. The Morgan fingerprint density at radius 1 is 1.00 bits per heavy atom. The van der Waals surface area contributed by atoms with Crippen molar-refractivity contribution in [2.45, 2.75) is 12.8 Å². The summed E-state index contributed by atoms with van der Waals surface area (Å²) in [6.45, 7) is 1.17. The van der Waals surface area contributed by atoms with E-state index in [4.69, 9.17) is 23.2 Å². The number of Topliss-reactive ketones (excluding diaryl/α,β-unsaturated/α-hetero) is 1. The highest BCUT2D eigenvalue weighted by Crippen LogP contribution is 2.24. The molecule has 0 unspecified atom stereocenters. The molecule has 1 fully saturated rings. The first-order valence-corrected chi connectivity index (χ1v) is 9.31.